The van der Waals surface area contributed by atoms with Crippen LogP contribution >= 0.6 is 0 Å². The minimum Gasteiger partial charge on any atom is -0.336 e. The van der Waals surface area contributed by atoms with Crippen molar-refractivity contribution < 1.29 is 26.5 Å². The van der Waals surface area contributed by atoms with E-state index in [0.29, 0.717) is 11.1 Å². The maximum atomic E-state index is 14.4. The molecule has 5 rings (SSSR count). The van der Waals surface area contributed by atoms with Crippen molar-refractivity contribution in [2.24, 2.45) is 0 Å². The normalized spacial score (nSPS) is 15.0. The summed E-state index contributed by atoms with van der Waals surface area (Å²) < 4.78 is 60.3. The molecule has 0 bridgehead atoms. The maximum absolute atomic E-state index is 14.4. The van der Waals surface area contributed by atoms with Crippen molar-refractivity contribution in [1.29, 1.82) is 0 Å². The van der Waals surface area contributed by atoms with Crippen LogP contribution in [0.15, 0.2) is 64.0 Å². The summed E-state index contributed by atoms with van der Waals surface area (Å²) in [6.07, 6.45) is 0. The second-order valence-electron chi connectivity index (χ2n) is 8.14. The number of rotatable bonds is 4. The van der Waals surface area contributed by atoms with Crippen LogP contribution in [0, 0.1) is 18.6 Å². The summed E-state index contributed by atoms with van der Waals surface area (Å²) in [6.45, 7) is 2.01. The molecule has 0 saturated carbocycles. The summed E-state index contributed by atoms with van der Waals surface area (Å²) in [5, 5.41) is 4.33. The zero-order valence-electron chi connectivity index (χ0n) is 18.6. The lowest BCUT2D eigenvalue weighted by molar-refractivity contribution is 0.0699. The van der Waals surface area contributed by atoms with Gasteiger partial charge in [0.25, 0.3) is 11.6 Å². The molecular formula is C24H20F2N4O4S. The van der Waals surface area contributed by atoms with E-state index in [0.717, 1.165) is 6.07 Å². The number of aromatic nitrogens is 2. The van der Waals surface area contributed by atoms with Crippen LogP contribution in [-0.2, 0) is 10.0 Å². The molecule has 1 aliphatic heterocycles. The summed E-state index contributed by atoms with van der Waals surface area (Å²) in [7, 11) is -3.90. The second-order valence-corrected chi connectivity index (χ2v) is 10.1. The largest absolute Gasteiger partial charge is 0.336 e. The van der Waals surface area contributed by atoms with Crippen LogP contribution in [0.5, 0.6) is 0 Å². The van der Waals surface area contributed by atoms with Crippen molar-refractivity contribution >= 4 is 27.0 Å². The number of carbonyl (C=O) groups excluding carboxylic acids is 1. The number of piperazine rings is 1. The van der Waals surface area contributed by atoms with Gasteiger partial charge in [0, 0.05) is 31.7 Å². The van der Waals surface area contributed by atoms with Gasteiger partial charge < -0.3 is 9.42 Å². The Morgan fingerprint density at radius 2 is 1.74 bits per heavy atom. The molecule has 0 atom stereocenters. The number of sulfonamides is 1. The highest BCUT2D eigenvalue weighted by atomic mass is 32.2. The van der Waals surface area contributed by atoms with Gasteiger partial charge in [-0.3, -0.25) is 4.79 Å². The number of amides is 1. The fourth-order valence-corrected chi connectivity index (χ4v) is 5.60. The van der Waals surface area contributed by atoms with Crippen LogP contribution in [0.2, 0.25) is 0 Å². The number of hydrogen-bond acceptors (Lipinski definition) is 6. The molecule has 2 aromatic heterocycles. The molecule has 0 aliphatic carbocycles. The van der Waals surface area contributed by atoms with E-state index in [1.54, 1.807) is 25.1 Å². The standard InChI is InChI=1S/C24H20F2N4O4S/c1-15-22-19(14-21(27-23(22)34-28-15)18-7-2-3-8-20(18)26)24(31)29-9-11-30(12-10-29)35(32,33)17-6-4-5-16(25)13-17/h2-8,13-14H,9-12H2,1H3. The minimum absolute atomic E-state index is 0.0433. The molecule has 4 aromatic rings. The molecule has 1 aliphatic rings. The molecule has 0 N–H and O–H groups in total. The topological polar surface area (TPSA) is 96.6 Å². The van der Waals surface area contributed by atoms with Crippen molar-refractivity contribution in [2.75, 3.05) is 26.2 Å². The van der Waals surface area contributed by atoms with Crippen LogP contribution in [0.4, 0.5) is 8.78 Å². The lowest BCUT2D eigenvalue weighted by Crippen LogP contribution is -2.50. The number of pyridine rings is 1. The smallest absolute Gasteiger partial charge is 0.259 e. The molecule has 0 spiro atoms. The number of benzene rings is 2. The van der Waals surface area contributed by atoms with Crippen molar-refractivity contribution in [3.05, 3.63) is 77.5 Å². The fraction of sp³-hybridized carbons (Fsp3) is 0.208. The number of nitrogens with zero attached hydrogens (tertiary/aromatic N) is 4. The summed E-state index contributed by atoms with van der Waals surface area (Å²) in [5.74, 6) is -1.51. The lowest BCUT2D eigenvalue weighted by Gasteiger charge is -2.34. The predicted octanol–water partition coefficient (Wildman–Crippen LogP) is 3.62. The number of fused-ring (bicyclic) bond motifs is 1. The van der Waals surface area contributed by atoms with E-state index in [2.05, 4.69) is 10.1 Å². The van der Waals surface area contributed by atoms with Crippen molar-refractivity contribution in [2.45, 2.75) is 11.8 Å². The average Bonchev–Trinajstić information content (AvgIpc) is 3.24. The zero-order valence-corrected chi connectivity index (χ0v) is 19.4. The molecule has 3 heterocycles. The van der Waals surface area contributed by atoms with Gasteiger partial charge >= 0.3 is 0 Å². The third-order valence-electron chi connectivity index (χ3n) is 5.96. The molecule has 2 aromatic carbocycles. The van der Waals surface area contributed by atoms with Crippen LogP contribution in [0.1, 0.15) is 16.1 Å². The first kappa shape index (κ1) is 23.1. The number of carbonyl (C=O) groups is 1. The van der Waals surface area contributed by atoms with Crippen molar-refractivity contribution in [3.63, 3.8) is 0 Å². The van der Waals surface area contributed by atoms with Gasteiger partial charge in [-0.1, -0.05) is 23.4 Å². The van der Waals surface area contributed by atoms with Gasteiger partial charge in [-0.15, -0.1) is 0 Å². The summed E-state index contributed by atoms with van der Waals surface area (Å²) in [6, 6.07) is 12.4. The molecule has 1 amide bonds. The van der Waals surface area contributed by atoms with Gasteiger partial charge in [-0.05, 0) is 43.3 Å². The molecule has 180 valence electrons. The van der Waals surface area contributed by atoms with Crippen LogP contribution in [0.25, 0.3) is 22.4 Å². The second kappa shape index (κ2) is 8.82. The molecule has 0 unspecified atom stereocenters. The number of aryl methyl sites for hydroxylation is 1. The summed E-state index contributed by atoms with van der Waals surface area (Å²) in [5.41, 5.74) is 1.25. The predicted molar refractivity (Wildman–Crippen MR) is 123 cm³/mol. The van der Waals surface area contributed by atoms with Gasteiger partial charge in [0.1, 0.15) is 11.6 Å². The average molecular weight is 499 g/mol. The Balaban J connectivity index is 1.43. The van der Waals surface area contributed by atoms with Crippen molar-refractivity contribution in [3.8, 4) is 11.3 Å². The summed E-state index contributed by atoms with van der Waals surface area (Å²) >= 11 is 0. The van der Waals surface area contributed by atoms with E-state index < -0.39 is 21.7 Å². The highest BCUT2D eigenvalue weighted by Gasteiger charge is 2.32. The van der Waals surface area contributed by atoms with Gasteiger partial charge in [-0.25, -0.2) is 22.2 Å². The molecule has 1 saturated heterocycles. The Hall–Kier alpha value is -3.70. The number of halogens is 2. The molecule has 0 radical (unpaired) electrons. The van der Waals surface area contributed by atoms with Crippen LogP contribution < -0.4 is 0 Å². The monoisotopic (exact) mass is 498 g/mol. The van der Waals surface area contributed by atoms with E-state index in [4.69, 9.17) is 4.52 Å². The Labute approximate surface area is 199 Å². The minimum atomic E-state index is -3.90. The van der Waals surface area contributed by atoms with Crippen molar-refractivity contribution in [1.82, 2.24) is 19.3 Å². The van der Waals surface area contributed by atoms with Crippen LogP contribution in [0.3, 0.4) is 0 Å². The molecule has 8 nitrogen and oxygen atoms in total. The van der Waals surface area contributed by atoms with E-state index in [1.165, 1.54) is 39.5 Å². The molecule has 11 heteroatoms. The van der Waals surface area contributed by atoms with E-state index in [-0.39, 0.29) is 59.5 Å². The maximum Gasteiger partial charge on any atom is 0.259 e. The Kier molecular flexibility index (Phi) is 5.81. The Morgan fingerprint density at radius 1 is 1.00 bits per heavy atom. The summed E-state index contributed by atoms with van der Waals surface area (Å²) in [4.78, 5) is 19.2. The first-order chi connectivity index (χ1) is 16.8. The molecule has 1 fully saturated rings. The number of hydrogen-bond donors (Lipinski definition) is 0. The van der Waals surface area contributed by atoms with Gasteiger partial charge in [0.05, 0.1) is 27.2 Å². The van der Waals surface area contributed by atoms with E-state index >= 15 is 0 Å². The third-order valence-corrected chi connectivity index (χ3v) is 7.85. The quantitative estimate of drug-likeness (QED) is 0.426. The Bertz CT molecular complexity index is 1550. The van der Waals surface area contributed by atoms with Gasteiger partial charge in [-0.2, -0.15) is 4.31 Å². The first-order valence-corrected chi connectivity index (χ1v) is 12.3. The molecular weight excluding hydrogens is 478 g/mol. The Morgan fingerprint density at radius 3 is 2.46 bits per heavy atom. The van der Waals surface area contributed by atoms with E-state index in [1.807, 2.05) is 0 Å². The third kappa shape index (κ3) is 4.17. The highest BCUT2D eigenvalue weighted by molar-refractivity contribution is 7.89. The van der Waals surface area contributed by atoms with Crippen LogP contribution in [-0.4, -0.2) is 59.8 Å². The fourth-order valence-electron chi connectivity index (χ4n) is 4.15. The SMILES string of the molecule is Cc1noc2nc(-c3ccccc3F)cc(C(=O)N3CCN(S(=O)(=O)c4cccc(F)c4)CC3)c12. The van der Waals surface area contributed by atoms with Gasteiger partial charge in [0.2, 0.25) is 10.0 Å². The molecule has 35 heavy (non-hydrogen) atoms. The highest BCUT2D eigenvalue weighted by Crippen LogP contribution is 2.29. The zero-order chi connectivity index (χ0) is 24.7. The first-order valence-electron chi connectivity index (χ1n) is 10.8. The van der Waals surface area contributed by atoms with E-state index in [9.17, 15) is 22.0 Å². The van der Waals surface area contributed by atoms with Gasteiger partial charge in [0.15, 0.2) is 0 Å². The lowest BCUT2D eigenvalue weighted by atomic mass is 10.0.